The van der Waals surface area contributed by atoms with Crippen molar-refractivity contribution in [3.8, 4) is 0 Å². The highest BCUT2D eigenvalue weighted by atomic mass is 15.2. The molecule has 1 nitrogen and oxygen atoms in total. The summed E-state index contributed by atoms with van der Waals surface area (Å²) in [5, 5.41) is 0. The first kappa shape index (κ1) is 15.3. The maximum absolute atomic E-state index is 2.61. The maximum Gasteiger partial charge on any atom is 0.0394 e. The van der Waals surface area contributed by atoms with Crippen LogP contribution in [0.3, 0.4) is 0 Å². The molecule has 1 rings (SSSR count). The summed E-state index contributed by atoms with van der Waals surface area (Å²) in [5.41, 5.74) is 4.69. The molecule has 0 saturated carbocycles. The number of rotatable bonds is 4. The molecule has 0 saturated heterocycles. The summed E-state index contributed by atoms with van der Waals surface area (Å²) in [6.07, 6.45) is 2.48. The van der Waals surface area contributed by atoms with Gasteiger partial charge in [-0.2, -0.15) is 0 Å². The summed E-state index contributed by atoms with van der Waals surface area (Å²) < 4.78 is 0. The van der Waals surface area contributed by atoms with Gasteiger partial charge in [0.25, 0.3) is 0 Å². The van der Waals surface area contributed by atoms with Gasteiger partial charge < -0.3 is 4.90 Å². The van der Waals surface area contributed by atoms with E-state index in [2.05, 4.69) is 66.4 Å². The van der Waals surface area contributed by atoms with Crippen LogP contribution < -0.4 is 0 Å². The number of nitrogens with zero attached hydrogens (tertiary/aromatic N) is 1. The first-order valence-corrected chi connectivity index (χ1v) is 7.46. The van der Waals surface area contributed by atoms with Crippen molar-refractivity contribution in [3.63, 3.8) is 0 Å². The molecule has 0 aromatic carbocycles. The monoisotopic (exact) mass is 249 g/mol. The van der Waals surface area contributed by atoms with Crippen molar-refractivity contribution < 1.29 is 0 Å². The van der Waals surface area contributed by atoms with E-state index in [0.717, 1.165) is 6.54 Å². The molecule has 0 unspecified atom stereocenters. The molecule has 1 heteroatoms. The van der Waals surface area contributed by atoms with Crippen LogP contribution in [0.4, 0.5) is 0 Å². The molecule has 104 valence electrons. The molecule has 0 atom stereocenters. The van der Waals surface area contributed by atoms with Gasteiger partial charge in [-0.05, 0) is 42.7 Å². The Morgan fingerprint density at radius 2 is 1.39 bits per heavy atom. The first-order chi connectivity index (χ1) is 8.25. The largest absolute Gasteiger partial charge is 0.368 e. The van der Waals surface area contributed by atoms with Gasteiger partial charge in [0.05, 0.1) is 0 Å². The third-order valence-electron chi connectivity index (χ3n) is 3.83. The van der Waals surface area contributed by atoms with E-state index in [9.17, 15) is 0 Å². The van der Waals surface area contributed by atoms with E-state index in [1.807, 2.05) is 0 Å². The highest BCUT2D eigenvalue weighted by Crippen LogP contribution is 2.34. The topological polar surface area (TPSA) is 3.24 Å². The zero-order chi connectivity index (χ0) is 14.0. The van der Waals surface area contributed by atoms with Gasteiger partial charge in [-0.1, -0.05) is 47.6 Å². The highest BCUT2D eigenvalue weighted by molar-refractivity contribution is 5.36. The third kappa shape index (κ3) is 3.18. The van der Waals surface area contributed by atoms with E-state index < -0.39 is 0 Å². The van der Waals surface area contributed by atoms with Crippen molar-refractivity contribution in [2.75, 3.05) is 6.54 Å². The summed E-state index contributed by atoms with van der Waals surface area (Å²) >= 11 is 0. The van der Waals surface area contributed by atoms with E-state index in [-0.39, 0.29) is 0 Å². The summed E-state index contributed by atoms with van der Waals surface area (Å²) in [7, 11) is 0. The van der Waals surface area contributed by atoms with Crippen molar-refractivity contribution in [1.29, 1.82) is 0 Å². The van der Waals surface area contributed by atoms with Crippen LogP contribution in [0.15, 0.2) is 22.9 Å². The molecule has 1 aliphatic rings. The van der Waals surface area contributed by atoms with Crippen molar-refractivity contribution in [1.82, 2.24) is 4.90 Å². The SMILES string of the molecule is CC(C)C1=CC(C(C)C)=C(C(C)C)N(C(C)C)C1. The zero-order valence-corrected chi connectivity index (χ0v) is 13.5. The maximum atomic E-state index is 2.61. The molecule has 0 aromatic heterocycles. The van der Waals surface area contributed by atoms with Crippen LogP contribution >= 0.6 is 0 Å². The molecule has 0 spiro atoms. The molecule has 1 heterocycles. The second-order valence-corrected chi connectivity index (χ2v) is 6.75. The fourth-order valence-electron chi connectivity index (χ4n) is 2.70. The molecule has 0 fully saturated rings. The summed E-state index contributed by atoms with van der Waals surface area (Å²) in [6, 6.07) is 0.582. The van der Waals surface area contributed by atoms with E-state index in [1.165, 1.54) is 0 Å². The van der Waals surface area contributed by atoms with E-state index in [1.54, 1.807) is 16.8 Å². The van der Waals surface area contributed by atoms with Gasteiger partial charge in [0, 0.05) is 18.3 Å². The van der Waals surface area contributed by atoms with Gasteiger partial charge in [-0.25, -0.2) is 0 Å². The van der Waals surface area contributed by atoms with Gasteiger partial charge in [-0.3, -0.25) is 0 Å². The van der Waals surface area contributed by atoms with Gasteiger partial charge >= 0.3 is 0 Å². The summed E-state index contributed by atoms with van der Waals surface area (Å²) in [5.74, 6) is 1.86. The molecule has 0 bridgehead atoms. The lowest BCUT2D eigenvalue weighted by Gasteiger charge is -2.40. The third-order valence-corrected chi connectivity index (χ3v) is 3.83. The molecule has 1 aliphatic heterocycles. The molecule has 0 aliphatic carbocycles. The predicted molar refractivity (Wildman–Crippen MR) is 81.5 cm³/mol. The lowest BCUT2D eigenvalue weighted by Crippen LogP contribution is -2.38. The molecule has 0 radical (unpaired) electrons. The van der Waals surface area contributed by atoms with Gasteiger partial charge in [0.2, 0.25) is 0 Å². The van der Waals surface area contributed by atoms with Crippen molar-refractivity contribution in [2.24, 2.45) is 17.8 Å². The van der Waals surface area contributed by atoms with E-state index in [0.29, 0.717) is 23.8 Å². The Bertz CT molecular complexity index is 343. The molecule has 0 aromatic rings. The van der Waals surface area contributed by atoms with Crippen LogP contribution in [0.1, 0.15) is 55.4 Å². The quantitative estimate of drug-likeness (QED) is 0.688. The minimum absolute atomic E-state index is 0.582. The van der Waals surface area contributed by atoms with Crippen molar-refractivity contribution in [3.05, 3.63) is 22.9 Å². The second kappa shape index (κ2) is 5.95. The molecule has 18 heavy (non-hydrogen) atoms. The smallest absolute Gasteiger partial charge is 0.0394 e. The Balaban J connectivity index is 3.30. The molecule has 0 N–H and O–H groups in total. The number of hydrogen-bond acceptors (Lipinski definition) is 1. The Kier molecular flexibility index (Phi) is 5.07. The molecule has 0 amide bonds. The normalized spacial score (nSPS) is 17.6. The Morgan fingerprint density at radius 1 is 0.833 bits per heavy atom. The Hall–Kier alpha value is -0.720. The van der Waals surface area contributed by atoms with Gasteiger partial charge in [-0.15, -0.1) is 0 Å². The fraction of sp³-hybridized carbons (Fsp3) is 0.765. The van der Waals surface area contributed by atoms with E-state index >= 15 is 0 Å². The number of hydrogen-bond donors (Lipinski definition) is 0. The first-order valence-electron chi connectivity index (χ1n) is 7.46. The van der Waals surface area contributed by atoms with Gasteiger partial charge in [0.1, 0.15) is 0 Å². The molecular weight excluding hydrogens is 218 g/mol. The standard InChI is InChI=1S/C17H31N/c1-11(2)15-9-16(12(3)4)17(13(5)6)18(10-15)14(7)8/h9,11-14H,10H2,1-8H3. The zero-order valence-electron chi connectivity index (χ0n) is 13.5. The number of allylic oxidation sites excluding steroid dienone is 3. The van der Waals surface area contributed by atoms with E-state index in [4.69, 9.17) is 0 Å². The average Bonchev–Trinajstić information content (AvgIpc) is 2.26. The van der Waals surface area contributed by atoms with Crippen LogP contribution in [0.5, 0.6) is 0 Å². The van der Waals surface area contributed by atoms with Crippen molar-refractivity contribution in [2.45, 2.75) is 61.4 Å². The second-order valence-electron chi connectivity index (χ2n) is 6.75. The Labute approximate surface area is 114 Å². The average molecular weight is 249 g/mol. The van der Waals surface area contributed by atoms with Gasteiger partial charge in [0.15, 0.2) is 0 Å². The van der Waals surface area contributed by atoms with Crippen LogP contribution in [-0.2, 0) is 0 Å². The summed E-state index contributed by atoms with van der Waals surface area (Å²) in [4.78, 5) is 2.61. The van der Waals surface area contributed by atoms with Crippen LogP contribution in [0.2, 0.25) is 0 Å². The molecular formula is C17H31N. The fourth-order valence-corrected chi connectivity index (χ4v) is 2.70. The van der Waals surface area contributed by atoms with Crippen LogP contribution in [0, 0.1) is 17.8 Å². The van der Waals surface area contributed by atoms with Crippen molar-refractivity contribution >= 4 is 0 Å². The summed E-state index contributed by atoms with van der Waals surface area (Å²) in [6.45, 7) is 19.6. The minimum Gasteiger partial charge on any atom is -0.368 e. The van der Waals surface area contributed by atoms with Crippen LogP contribution in [-0.4, -0.2) is 17.5 Å². The lowest BCUT2D eigenvalue weighted by atomic mass is 9.86. The lowest BCUT2D eigenvalue weighted by molar-refractivity contribution is 0.261. The van der Waals surface area contributed by atoms with Crippen LogP contribution in [0.25, 0.3) is 0 Å². The minimum atomic E-state index is 0.582. The predicted octanol–water partition coefficient (Wildman–Crippen LogP) is 4.86. The Morgan fingerprint density at radius 3 is 1.72 bits per heavy atom. The highest BCUT2D eigenvalue weighted by Gasteiger charge is 2.26.